The first-order valence-corrected chi connectivity index (χ1v) is 6.82. The van der Waals surface area contributed by atoms with Gasteiger partial charge >= 0.3 is 0 Å². The zero-order valence-electron chi connectivity index (χ0n) is 12.5. The number of nitrogens with zero attached hydrogens (tertiary/aromatic N) is 1. The van der Waals surface area contributed by atoms with Crippen molar-refractivity contribution >= 4 is 5.91 Å². The van der Waals surface area contributed by atoms with Crippen LogP contribution in [0.1, 0.15) is 22.8 Å². The van der Waals surface area contributed by atoms with Crippen LogP contribution in [0.5, 0.6) is 11.5 Å². The Labute approximate surface area is 119 Å². The molecule has 0 radical (unpaired) electrons. The minimum absolute atomic E-state index is 0.0532. The van der Waals surface area contributed by atoms with Crippen molar-refractivity contribution < 1.29 is 14.3 Å². The predicted molar refractivity (Wildman–Crippen MR) is 77.7 cm³/mol. The summed E-state index contributed by atoms with van der Waals surface area (Å²) in [7, 11) is 3.17. The van der Waals surface area contributed by atoms with Crippen molar-refractivity contribution in [2.75, 3.05) is 33.9 Å². The van der Waals surface area contributed by atoms with Crippen LogP contribution in [0.25, 0.3) is 0 Å². The lowest BCUT2D eigenvalue weighted by atomic mass is 10.0. The van der Waals surface area contributed by atoms with Gasteiger partial charge in [-0.15, -0.1) is 0 Å². The standard InChI is InChI=1S/C15H22N2O3/c1-10-7-13(19-3)14(20-4)8-12(10)15(18)17-6-5-16-9-11(17)2/h7-8,11,16H,5-6,9H2,1-4H3. The van der Waals surface area contributed by atoms with E-state index in [1.807, 2.05) is 17.9 Å². The van der Waals surface area contributed by atoms with Gasteiger partial charge < -0.3 is 19.7 Å². The summed E-state index contributed by atoms with van der Waals surface area (Å²) < 4.78 is 10.5. The lowest BCUT2D eigenvalue weighted by molar-refractivity contribution is 0.0654. The summed E-state index contributed by atoms with van der Waals surface area (Å²) in [5, 5.41) is 3.29. The molecule has 1 atom stereocenters. The van der Waals surface area contributed by atoms with Crippen LogP contribution in [-0.4, -0.2) is 50.7 Å². The smallest absolute Gasteiger partial charge is 0.254 e. The second-order valence-corrected chi connectivity index (χ2v) is 5.07. The number of nitrogens with one attached hydrogen (secondary N) is 1. The van der Waals surface area contributed by atoms with Crippen LogP contribution in [-0.2, 0) is 0 Å². The van der Waals surface area contributed by atoms with Crippen LogP contribution in [0.15, 0.2) is 12.1 Å². The van der Waals surface area contributed by atoms with Crippen molar-refractivity contribution in [3.8, 4) is 11.5 Å². The van der Waals surface area contributed by atoms with E-state index < -0.39 is 0 Å². The molecular weight excluding hydrogens is 256 g/mol. The van der Waals surface area contributed by atoms with Gasteiger partial charge in [-0.3, -0.25) is 4.79 Å². The van der Waals surface area contributed by atoms with E-state index in [9.17, 15) is 4.79 Å². The first-order valence-electron chi connectivity index (χ1n) is 6.82. The fourth-order valence-electron chi connectivity index (χ4n) is 2.51. The summed E-state index contributed by atoms with van der Waals surface area (Å²) >= 11 is 0. The second kappa shape index (κ2) is 6.13. The average molecular weight is 278 g/mol. The van der Waals surface area contributed by atoms with E-state index in [4.69, 9.17) is 9.47 Å². The Kier molecular flexibility index (Phi) is 4.49. The maximum Gasteiger partial charge on any atom is 0.254 e. The minimum atomic E-state index is 0.0532. The molecule has 0 bridgehead atoms. The Morgan fingerprint density at radius 1 is 1.30 bits per heavy atom. The molecule has 1 heterocycles. The Bertz CT molecular complexity index is 502. The van der Waals surface area contributed by atoms with Crippen LogP contribution < -0.4 is 14.8 Å². The number of carbonyl (C=O) groups is 1. The maximum atomic E-state index is 12.7. The molecule has 5 nitrogen and oxygen atoms in total. The van der Waals surface area contributed by atoms with E-state index in [1.165, 1.54) is 0 Å². The van der Waals surface area contributed by atoms with Crippen molar-refractivity contribution in [1.29, 1.82) is 0 Å². The third-order valence-corrected chi connectivity index (χ3v) is 3.72. The maximum absolute atomic E-state index is 12.7. The van der Waals surface area contributed by atoms with Crippen LogP contribution in [0.2, 0.25) is 0 Å². The van der Waals surface area contributed by atoms with E-state index in [0.29, 0.717) is 17.1 Å². The van der Waals surface area contributed by atoms with Gasteiger partial charge in [0.25, 0.3) is 5.91 Å². The van der Waals surface area contributed by atoms with E-state index in [1.54, 1.807) is 20.3 Å². The van der Waals surface area contributed by atoms with Gasteiger partial charge in [-0.05, 0) is 31.5 Å². The van der Waals surface area contributed by atoms with E-state index in [-0.39, 0.29) is 11.9 Å². The lowest BCUT2D eigenvalue weighted by Crippen LogP contribution is -2.52. The Morgan fingerprint density at radius 2 is 1.95 bits per heavy atom. The topological polar surface area (TPSA) is 50.8 Å². The number of ether oxygens (including phenoxy) is 2. The largest absolute Gasteiger partial charge is 0.493 e. The van der Waals surface area contributed by atoms with E-state index in [0.717, 1.165) is 25.2 Å². The van der Waals surface area contributed by atoms with Gasteiger partial charge in [-0.1, -0.05) is 0 Å². The molecule has 1 unspecified atom stereocenters. The number of hydrogen-bond acceptors (Lipinski definition) is 4. The number of rotatable bonds is 3. The summed E-state index contributed by atoms with van der Waals surface area (Å²) in [5.41, 5.74) is 1.58. The molecule has 5 heteroatoms. The zero-order valence-corrected chi connectivity index (χ0v) is 12.5. The highest BCUT2D eigenvalue weighted by atomic mass is 16.5. The molecule has 0 saturated carbocycles. The number of hydrogen-bond donors (Lipinski definition) is 1. The molecule has 110 valence electrons. The first-order chi connectivity index (χ1) is 9.58. The Balaban J connectivity index is 2.34. The van der Waals surface area contributed by atoms with Gasteiger partial charge in [0.15, 0.2) is 11.5 Å². The quantitative estimate of drug-likeness (QED) is 0.909. The van der Waals surface area contributed by atoms with Gasteiger partial charge in [0.2, 0.25) is 0 Å². The molecule has 1 aromatic rings. The highest BCUT2D eigenvalue weighted by molar-refractivity contribution is 5.96. The number of carbonyl (C=O) groups excluding carboxylic acids is 1. The van der Waals surface area contributed by atoms with Crippen molar-refractivity contribution in [2.45, 2.75) is 19.9 Å². The molecule has 2 rings (SSSR count). The summed E-state index contributed by atoms with van der Waals surface area (Å²) in [5.74, 6) is 1.29. The van der Waals surface area contributed by atoms with Crippen LogP contribution >= 0.6 is 0 Å². The molecule has 1 aliphatic heterocycles. The van der Waals surface area contributed by atoms with Gasteiger partial charge in [0, 0.05) is 31.2 Å². The van der Waals surface area contributed by atoms with Crippen LogP contribution in [0.3, 0.4) is 0 Å². The molecule has 1 N–H and O–H groups in total. The Morgan fingerprint density at radius 3 is 2.55 bits per heavy atom. The first kappa shape index (κ1) is 14.7. The van der Waals surface area contributed by atoms with Crippen molar-refractivity contribution in [2.24, 2.45) is 0 Å². The summed E-state index contributed by atoms with van der Waals surface area (Å²) in [6.45, 7) is 6.37. The van der Waals surface area contributed by atoms with Crippen molar-refractivity contribution in [3.63, 3.8) is 0 Å². The summed E-state index contributed by atoms with van der Waals surface area (Å²) in [6.07, 6.45) is 0. The lowest BCUT2D eigenvalue weighted by Gasteiger charge is -2.34. The summed E-state index contributed by atoms with van der Waals surface area (Å²) in [6, 6.07) is 3.81. The van der Waals surface area contributed by atoms with Crippen molar-refractivity contribution in [3.05, 3.63) is 23.3 Å². The molecule has 1 aliphatic rings. The minimum Gasteiger partial charge on any atom is -0.493 e. The molecule has 0 aromatic heterocycles. The molecule has 0 spiro atoms. The molecule has 0 aliphatic carbocycles. The molecule has 1 aromatic carbocycles. The number of benzene rings is 1. The number of aryl methyl sites for hydroxylation is 1. The number of methoxy groups -OCH3 is 2. The zero-order chi connectivity index (χ0) is 14.7. The highest BCUT2D eigenvalue weighted by Gasteiger charge is 2.26. The van der Waals surface area contributed by atoms with Crippen molar-refractivity contribution in [1.82, 2.24) is 10.2 Å². The second-order valence-electron chi connectivity index (χ2n) is 5.07. The molecule has 1 saturated heterocycles. The normalized spacial score (nSPS) is 18.8. The third-order valence-electron chi connectivity index (χ3n) is 3.72. The van der Waals surface area contributed by atoms with Gasteiger partial charge in [0.05, 0.1) is 14.2 Å². The van der Waals surface area contributed by atoms with Crippen LogP contribution in [0.4, 0.5) is 0 Å². The monoisotopic (exact) mass is 278 g/mol. The fraction of sp³-hybridized carbons (Fsp3) is 0.533. The van der Waals surface area contributed by atoms with Crippen LogP contribution in [0, 0.1) is 6.92 Å². The number of amides is 1. The van der Waals surface area contributed by atoms with Gasteiger partial charge in [0.1, 0.15) is 0 Å². The molecule has 20 heavy (non-hydrogen) atoms. The fourth-order valence-corrected chi connectivity index (χ4v) is 2.51. The van der Waals surface area contributed by atoms with E-state index in [2.05, 4.69) is 12.2 Å². The molecule has 1 amide bonds. The summed E-state index contributed by atoms with van der Waals surface area (Å²) in [4.78, 5) is 14.6. The SMILES string of the molecule is COc1cc(C)c(C(=O)N2CCNCC2C)cc1OC. The molecular formula is C15H22N2O3. The Hall–Kier alpha value is -1.75. The number of piperazine rings is 1. The van der Waals surface area contributed by atoms with Gasteiger partial charge in [-0.25, -0.2) is 0 Å². The molecule has 1 fully saturated rings. The van der Waals surface area contributed by atoms with Gasteiger partial charge in [-0.2, -0.15) is 0 Å². The highest BCUT2D eigenvalue weighted by Crippen LogP contribution is 2.31. The third kappa shape index (κ3) is 2.72. The van der Waals surface area contributed by atoms with E-state index >= 15 is 0 Å². The predicted octanol–water partition coefficient (Wildman–Crippen LogP) is 1.45. The average Bonchev–Trinajstić information content (AvgIpc) is 2.46.